The second kappa shape index (κ2) is 13.2. The number of nitrogens with one attached hydrogen (secondary N) is 3. The number of rotatable bonds is 10. The first kappa shape index (κ1) is 32.8. The molecule has 1 aliphatic heterocycles. The van der Waals surface area contributed by atoms with Crippen LogP contribution in [0.15, 0.2) is 18.3 Å². The molecule has 0 radical (unpaired) electrons. The number of nitrogens with zero attached hydrogens (tertiary/aromatic N) is 4. The zero-order chi connectivity index (χ0) is 31.5. The van der Waals surface area contributed by atoms with Gasteiger partial charge in [-0.1, -0.05) is 12.8 Å². The summed E-state index contributed by atoms with van der Waals surface area (Å²) in [6, 6.07) is -1.25. The number of halogens is 2. The van der Waals surface area contributed by atoms with Crippen LogP contribution in [0.4, 0.5) is 26.2 Å². The van der Waals surface area contributed by atoms with E-state index in [2.05, 4.69) is 37.9 Å². The van der Waals surface area contributed by atoms with E-state index in [4.69, 9.17) is 10.5 Å². The van der Waals surface area contributed by atoms with Crippen molar-refractivity contribution in [1.82, 2.24) is 24.5 Å². The van der Waals surface area contributed by atoms with Gasteiger partial charge in [0.15, 0.2) is 0 Å². The molecule has 2 fully saturated rings. The molecule has 1 aromatic carbocycles. The van der Waals surface area contributed by atoms with Crippen LogP contribution in [0.2, 0.25) is 0 Å². The fraction of sp³-hybridized carbons (Fsp3) is 0.607. The Morgan fingerprint density at radius 2 is 1.86 bits per heavy atom. The number of aromatic nitrogens is 2. The highest BCUT2D eigenvalue weighted by molar-refractivity contribution is 7.88. The highest BCUT2D eigenvalue weighted by Gasteiger charge is 2.36. The number of nitrogens with two attached hydrogens (primary N) is 1. The Balaban J connectivity index is 1.59. The van der Waals surface area contributed by atoms with Crippen LogP contribution in [0.3, 0.4) is 0 Å². The summed E-state index contributed by atoms with van der Waals surface area (Å²) in [7, 11) is 1.48. The second-order valence-corrected chi connectivity index (χ2v) is 13.5. The predicted molar refractivity (Wildman–Crippen MR) is 161 cm³/mol. The third-order valence-electron chi connectivity index (χ3n) is 8.28. The summed E-state index contributed by atoms with van der Waals surface area (Å²) in [4.78, 5) is 23.7. The van der Waals surface area contributed by atoms with Crippen molar-refractivity contribution in [2.45, 2.75) is 69.6 Å². The number of likely N-dealkylation sites (tertiary alicyclic amines) is 1. The van der Waals surface area contributed by atoms with Crippen LogP contribution in [0.5, 0.6) is 5.75 Å². The van der Waals surface area contributed by atoms with Crippen molar-refractivity contribution in [3.05, 3.63) is 35.0 Å². The van der Waals surface area contributed by atoms with Crippen molar-refractivity contribution < 1.29 is 26.7 Å². The Kier molecular flexibility index (Phi) is 10.1. The molecule has 12 nitrogen and oxygen atoms in total. The average molecular weight is 625 g/mol. The number of carbonyl (C=O) groups is 1. The highest BCUT2D eigenvalue weighted by atomic mass is 32.2. The highest BCUT2D eigenvalue weighted by Crippen LogP contribution is 2.34. The molecular formula is C28H42F2N8O4S. The molecule has 1 saturated carbocycles. The van der Waals surface area contributed by atoms with E-state index in [0.717, 1.165) is 51.2 Å². The molecule has 2 atom stereocenters. The number of hydrogen-bond acceptors (Lipinski definition) is 10. The molecule has 0 spiro atoms. The Hall–Kier alpha value is -3.14. The number of alkyl halides is 2. The van der Waals surface area contributed by atoms with Gasteiger partial charge in [0.25, 0.3) is 5.91 Å². The number of benzene rings is 1. The summed E-state index contributed by atoms with van der Waals surface area (Å²) < 4.78 is 60.2. The maximum atomic E-state index is 14.4. The van der Waals surface area contributed by atoms with Crippen LogP contribution in [-0.2, 0) is 16.1 Å². The number of aryl methyl sites for hydroxylation is 1. The van der Waals surface area contributed by atoms with Crippen molar-refractivity contribution in [3.63, 3.8) is 0 Å². The molecule has 15 heteroatoms. The van der Waals surface area contributed by atoms with Gasteiger partial charge in [-0.3, -0.25) is 10.5 Å². The number of piperidine rings is 1. The number of amides is 1. The molecular weight excluding hydrogens is 582 g/mol. The maximum Gasteiger partial charge on any atom is 0.332 e. The molecule has 1 amide bonds. The average Bonchev–Trinajstić information content (AvgIpc) is 2.93. The van der Waals surface area contributed by atoms with Crippen molar-refractivity contribution in [1.29, 1.82) is 0 Å². The molecule has 1 aliphatic carbocycles. The monoisotopic (exact) mass is 624 g/mol. The minimum atomic E-state index is -3.75. The third-order valence-corrected chi connectivity index (χ3v) is 9.60. The standard InChI is InChI=1S/C28H42F2N8O4S/c1-17-14-22(24(42-4)15-19(17)26(39)33-18-10-12-37(2)13-11-18)35-27-32-16-20(28(29,30)31)25(36-27)34-21-8-6-7-9-23(21)38(3)43(5,40)41/h14-16,18,21,23H,6-13,31H2,1-5H3,(H,33,39)(H2,32,34,35,36)/t21-,23-/m1/s1. The summed E-state index contributed by atoms with van der Waals surface area (Å²) in [5, 5.41) is 9.17. The number of methoxy groups -OCH3 is 1. The molecule has 0 bridgehead atoms. The molecule has 2 heterocycles. The van der Waals surface area contributed by atoms with E-state index >= 15 is 0 Å². The van der Waals surface area contributed by atoms with Gasteiger partial charge in [-0.05, 0) is 70.4 Å². The van der Waals surface area contributed by atoms with E-state index < -0.39 is 33.7 Å². The van der Waals surface area contributed by atoms with E-state index in [1.807, 2.05) is 0 Å². The van der Waals surface area contributed by atoms with Gasteiger partial charge in [-0.2, -0.15) is 13.8 Å². The van der Waals surface area contributed by atoms with Gasteiger partial charge in [0.05, 0.1) is 24.6 Å². The van der Waals surface area contributed by atoms with Gasteiger partial charge < -0.3 is 25.6 Å². The Bertz CT molecular complexity index is 1410. The van der Waals surface area contributed by atoms with Gasteiger partial charge in [0, 0.05) is 36.9 Å². The van der Waals surface area contributed by atoms with Crippen molar-refractivity contribution >= 4 is 33.4 Å². The van der Waals surface area contributed by atoms with Crippen molar-refractivity contribution in [2.24, 2.45) is 5.73 Å². The molecule has 1 aromatic heterocycles. The number of sulfonamides is 1. The summed E-state index contributed by atoms with van der Waals surface area (Å²) in [6.45, 7) is 3.62. The van der Waals surface area contributed by atoms with E-state index in [1.54, 1.807) is 19.1 Å². The smallest absolute Gasteiger partial charge is 0.332 e. The number of hydrogen-bond donors (Lipinski definition) is 4. The molecule has 0 unspecified atom stereocenters. The Morgan fingerprint density at radius 1 is 1.19 bits per heavy atom. The lowest BCUT2D eigenvalue weighted by Gasteiger charge is -2.37. The fourth-order valence-electron chi connectivity index (χ4n) is 5.67. The largest absolute Gasteiger partial charge is 0.495 e. The van der Waals surface area contributed by atoms with E-state index in [-0.39, 0.29) is 23.7 Å². The third kappa shape index (κ3) is 8.08. The lowest BCUT2D eigenvalue weighted by molar-refractivity contribution is 0.00302. The van der Waals surface area contributed by atoms with Crippen LogP contribution < -0.4 is 26.4 Å². The molecule has 2 aliphatic rings. The summed E-state index contributed by atoms with van der Waals surface area (Å²) >= 11 is 0. The van der Waals surface area contributed by atoms with Gasteiger partial charge >= 0.3 is 6.05 Å². The first-order chi connectivity index (χ1) is 20.2. The van der Waals surface area contributed by atoms with Crippen LogP contribution >= 0.6 is 0 Å². The molecule has 4 rings (SSSR count). The Labute approximate surface area is 251 Å². The summed E-state index contributed by atoms with van der Waals surface area (Å²) in [6.07, 6.45) is 6.53. The fourth-order valence-corrected chi connectivity index (χ4v) is 6.41. The minimum absolute atomic E-state index is 0.0134. The van der Waals surface area contributed by atoms with Gasteiger partial charge in [-0.25, -0.2) is 17.7 Å². The quantitative estimate of drug-likeness (QED) is 0.290. The Morgan fingerprint density at radius 3 is 2.49 bits per heavy atom. The van der Waals surface area contributed by atoms with Crippen LogP contribution in [0.1, 0.15) is 60.0 Å². The summed E-state index contributed by atoms with van der Waals surface area (Å²) in [5.41, 5.74) is 6.12. The van der Waals surface area contributed by atoms with Crippen molar-refractivity contribution in [3.8, 4) is 5.75 Å². The SMILES string of the molecule is COc1cc(C(=O)NC2CCN(C)CC2)c(C)cc1Nc1ncc(C(N)(F)F)c(N[C@@H]2CCCC[C@H]2N(C)S(C)(=O)=O)n1. The minimum Gasteiger partial charge on any atom is -0.495 e. The molecule has 238 valence electrons. The van der Waals surface area contributed by atoms with E-state index in [9.17, 15) is 22.0 Å². The molecule has 43 heavy (non-hydrogen) atoms. The first-order valence-corrected chi connectivity index (χ1v) is 16.2. The number of likely N-dealkylation sites (N-methyl/N-ethyl adjacent to an activating group) is 1. The lowest BCUT2D eigenvalue weighted by atomic mass is 9.90. The zero-order valence-electron chi connectivity index (χ0n) is 25.3. The van der Waals surface area contributed by atoms with E-state index in [1.165, 1.54) is 18.5 Å². The van der Waals surface area contributed by atoms with Crippen LogP contribution in [0.25, 0.3) is 0 Å². The number of carbonyl (C=O) groups excluding carboxylic acids is 1. The molecule has 2 aromatic rings. The first-order valence-electron chi connectivity index (χ1n) is 14.4. The number of anilines is 3. The summed E-state index contributed by atoms with van der Waals surface area (Å²) in [5.74, 6) is -0.0722. The normalized spacial score (nSPS) is 20.6. The second-order valence-electron chi connectivity index (χ2n) is 11.5. The van der Waals surface area contributed by atoms with Gasteiger partial charge in [0.2, 0.25) is 16.0 Å². The lowest BCUT2D eigenvalue weighted by Crippen LogP contribution is -2.49. The number of ether oxygens (including phenoxy) is 1. The van der Waals surface area contributed by atoms with Crippen molar-refractivity contribution in [2.75, 3.05) is 51.2 Å². The maximum absolute atomic E-state index is 14.4. The van der Waals surface area contributed by atoms with Gasteiger partial charge in [-0.15, -0.1) is 0 Å². The zero-order valence-corrected chi connectivity index (χ0v) is 26.1. The molecule has 5 N–H and O–H groups in total. The van der Waals surface area contributed by atoms with Gasteiger partial charge in [0.1, 0.15) is 11.6 Å². The topological polar surface area (TPSA) is 155 Å². The molecule has 1 saturated heterocycles. The van der Waals surface area contributed by atoms with Crippen LogP contribution in [0, 0.1) is 6.92 Å². The predicted octanol–water partition coefficient (Wildman–Crippen LogP) is 2.98. The van der Waals surface area contributed by atoms with E-state index in [0.29, 0.717) is 35.4 Å². The van der Waals surface area contributed by atoms with Crippen LogP contribution in [-0.4, -0.2) is 92.2 Å².